The lowest BCUT2D eigenvalue weighted by atomic mass is 9.92. The van der Waals surface area contributed by atoms with E-state index in [4.69, 9.17) is 0 Å². The standard InChI is InChI=1S/C27H33N3O4S/c1-20(31)29-23-11-13-24(14-12-23)35(33,34)30-18-16-22-9-5-6-10-25(22)26(30)19-27(32)28-17-15-21-7-3-2-4-8-21/h5-7,9-14,26H,2-4,8,15-19H2,1H3,(H,28,32)(H,29,31). The molecule has 0 radical (unpaired) electrons. The molecule has 1 aliphatic heterocycles. The van der Waals surface area contributed by atoms with Gasteiger partial charge in [-0.15, -0.1) is 0 Å². The number of nitrogens with zero attached hydrogens (tertiary/aromatic N) is 1. The van der Waals surface area contributed by atoms with Crippen LogP contribution in [0.25, 0.3) is 0 Å². The third-order valence-corrected chi connectivity index (χ3v) is 8.60. The van der Waals surface area contributed by atoms with Gasteiger partial charge in [0, 0.05) is 32.1 Å². The van der Waals surface area contributed by atoms with Crippen molar-refractivity contribution < 1.29 is 18.0 Å². The molecule has 7 nitrogen and oxygen atoms in total. The molecule has 1 aliphatic carbocycles. The lowest BCUT2D eigenvalue weighted by molar-refractivity contribution is -0.122. The average Bonchev–Trinajstić information content (AvgIpc) is 2.85. The van der Waals surface area contributed by atoms with Crippen molar-refractivity contribution in [3.63, 3.8) is 0 Å². The summed E-state index contributed by atoms with van der Waals surface area (Å²) in [6.07, 6.45) is 8.42. The average molecular weight is 496 g/mol. The number of hydrogen-bond acceptors (Lipinski definition) is 4. The number of rotatable bonds is 8. The number of sulfonamides is 1. The fraction of sp³-hybridized carbons (Fsp3) is 0.407. The molecule has 4 rings (SSSR count). The van der Waals surface area contributed by atoms with Crippen molar-refractivity contribution in [2.24, 2.45) is 0 Å². The molecule has 0 spiro atoms. The molecule has 2 aromatic carbocycles. The van der Waals surface area contributed by atoms with Crippen LogP contribution < -0.4 is 10.6 Å². The lowest BCUT2D eigenvalue weighted by Gasteiger charge is -2.36. The first-order valence-electron chi connectivity index (χ1n) is 12.3. The summed E-state index contributed by atoms with van der Waals surface area (Å²) >= 11 is 0. The Kier molecular flexibility index (Phi) is 8.03. The predicted octanol–water partition coefficient (Wildman–Crippen LogP) is 4.33. The van der Waals surface area contributed by atoms with E-state index in [9.17, 15) is 18.0 Å². The van der Waals surface area contributed by atoms with E-state index in [1.54, 1.807) is 12.1 Å². The van der Waals surface area contributed by atoms with Crippen LogP contribution in [0.4, 0.5) is 5.69 Å². The second-order valence-corrected chi connectivity index (χ2v) is 11.1. The van der Waals surface area contributed by atoms with Crippen molar-refractivity contribution in [2.45, 2.75) is 62.8 Å². The van der Waals surface area contributed by atoms with E-state index >= 15 is 0 Å². The van der Waals surface area contributed by atoms with Gasteiger partial charge in [0.2, 0.25) is 21.8 Å². The van der Waals surface area contributed by atoms with E-state index in [-0.39, 0.29) is 23.1 Å². The van der Waals surface area contributed by atoms with Gasteiger partial charge in [-0.3, -0.25) is 9.59 Å². The highest BCUT2D eigenvalue weighted by Crippen LogP contribution is 2.36. The minimum Gasteiger partial charge on any atom is -0.356 e. The highest BCUT2D eigenvalue weighted by molar-refractivity contribution is 7.89. The number of allylic oxidation sites excluding steroid dienone is 1. The summed E-state index contributed by atoms with van der Waals surface area (Å²) in [5.74, 6) is -0.372. The van der Waals surface area contributed by atoms with Gasteiger partial charge < -0.3 is 10.6 Å². The highest BCUT2D eigenvalue weighted by Gasteiger charge is 2.37. The zero-order chi connectivity index (χ0) is 24.8. The third kappa shape index (κ3) is 6.18. The normalized spacial score (nSPS) is 18.3. The molecule has 0 fully saturated rings. The molecule has 2 aromatic rings. The van der Waals surface area contributed by atoms with Crippen molar-refractivity contribution >= 4 is 27.5 Å². The van der Waals surface area contributed by atoms with Crippen LogP contribution in [0, 0.1) is 0 Å². The molecular formula is C27H33N3O4S. The molecular weight excluding hydrogens is 462 g/mol. The Morgan fingerprint density at radius 2 is 1.80 bits per heavy atom. The van der Waals surface area contributed by atoms with E-state index in [1.807, 2.05) is 24.3 Å². The number of fused-ring (bicyclic) bond motifs is 1. The summed E-state index contributed by atoms with van der Waals surface area (Å²) in [5.41, 5.74) is 3.88. The number of amides is 2. The van der Waals surface area contributed by atoms with Crippen molar-refractivity contribution in [1.29, 1.82) is 0 Å². The Morgan fingerprint density at radius 1 is 1.03 bits per heavy atom. The van der Waals surface area contributed by atoms with Gasteiger partial charge in [-0.05, 0) is 73.9 Å². The Hall–Kier alpha value is -2.97. The second kappa shape index (κ2) is 11.2. The van der Waals surface area contributed by atoms with E-state index in [0.29, 0.717) is 25.2 Å². The second-order valence-electron chi connectivity index (χ2n) is 9.20. The van der Waals surface area contributed by atoms with Crippen LogP contribution in [-0.2, 0) is 26.0 Å². The van der Waals surface area contributed by atoms with Gasteiger partial charge in [0.25, 0.3) is 0 Å². The van der Waals surface area contributed by atoms with Crippen LogP contribution in [0.5, 0.6) is 0 Å². The maximum atomic E-state index is 13.6. The molecule has 0 saturated carbocycles. The first kappa shape index (κ1) is 25.1. The van der Waals surface area contributed by atoms with E-state index in [2.05, 4.69) is 16.7 Å². The molecule has 2 aliphatic rings. The molecule has 1 unspecified atom stereocenters. The number of anilines is 1. The molecule has 35 heavy (non-hydrogen) atoms. The zero-order valence-electron chi connectivity index (χ0n) is 20.1. The molecule has 1 heterocycles. The van der Waals surface area contributed by atoms with Gasteiger partial charge in [-0.1, -0.05) is 35.9 Å². The van der Waals surface area contributed by atoms with E-state index < -0.39 is 16.1 Å². The summed E-state index contributed by atoms with van der Waals surface area (Å²) in [5, 5.41) is 5.65. The first-order valence-corrected chi connectivity index (χ1v) is 13.7. The maximum absolute atomic E-state index is 13.6. The number of hydrogen-bond donors (Lipinski definition) is 2. The van der Waals surface area contributed by atoms with Crippen molar-refractivity contribution in [3.05, 3.63) is 71.3 Å². The van der Waals surface area contributed by atoms with Crippen molar-refractivity contribution in [3.8, 4) is 0 Å². The monoisotopic (exact) mass is 495 g/mol. The predicted molar refractivity (Wildman–Crippen MR) is 136 cm³/mol. The molecule has 1 atom stereocenters. The van der Waals surface area contributed by atoms with Crippen LogP contribution in [0.3, 0.4) is 0 Å². The Balaban J connectivity index is 1.51. The molecule has 0 saturated heterocycles. The minimum absolute atomic E-state index is 0.0687. The number of carbonyl (C=O) groups excluding carboxylic acids is 2. The van der Waals surface area contributed by atoms with Gasteiger partial charge in [0.1, 0.15) is 0 Å². The number of carbonyl (C=O) groups is 2. The fourth-order valence-corrected chi connectivity index (χ4v) is 6.52. The fourth-order valence-electron chi connectivity index (χ4n) is 4.92. The van der Waals surface area contributed by atoms with Gasteiger partial charge in [-0.25, -0.2) is 8.42 Å². The summed E-state index contributed by atoms with van der Waals surface area (Å²) in [7, 11) is -3.85. The van der Waals surface area contributed by atoms with E-state index in [0.717, 1.165) is 30.4 Å². The first-order chi connectivity index (χ1) is 16.8. The topological polar surface area (TPSA) is 95.6 Å². The van der Waals surface area contributed by atoms with Crippen molar-refractivity contribution in [2.75, 3.05) is 18.4 Å². The quantitative estimate of drug-likeness (QED) is 0.533. The highest BCUT2D eigenvalue weighted by atomic mass is 32.2. The molecule has 186 valence electrons. The van der Waals surface area contributed by atoms with Crippen LogP contribution in [0.2, 0.25) is 0 Å². The molecule has 2 N–H and O–H groups in total. The van der Waals surface area contributed by atoms with Crippen LogP contribution >= 0.6 is 0 Å². The van der Waals surface area contributed by atoms with E-state index in [1.165, 1.54) is 41.8 Å². The Morgan fingerprint density at radius 3 is 2.51 bits per heavy atom. The summed E-state index contributed by atoms with van der Waals surface area (Å²) in [4.78, 5) is 24.4. The number of nitrogens with one attached hydrogen (secondary N) is 2. The van der Waals surface area contributed by atoms with Crippen LogP contribution in [-0.4, -0.2) is 37.6 Å². The molecule has 8 heteroatoms. The van der Waals surface area contributed by atoms with Crippen LogP contribution in [0.1, 0.15) is 62.6 Å². The summed E-state index contributed by atoms with van der Waals surface area (Å²) in [6.45, 7) is 2.27. The number of benzene rings is 2. The van der Waals surface area contributed by atoms with Crippen molar-refractivity contribution in [1.82, 2.24) is 9.62 Å². The molecule has 2 amide bonds. The third-order valence-electron chi connectivity index (χ3n) is 6.68. The van der Waals surface area contributed by atoms with Crippen LogP contribution in [0.15, 0.2) is 65.1 Å². The minimum atomic E-state index is -3.85. The maximum Gasteiger partial charge on any atom is 0.243 e. The van der Waals surface area contributed by atoms with Gasteiger partial charge in [0.05, 0.1) is 10.9 Å². The SMILES string of the molecule is CC(=O)Nc1ccc(S(=O)(=O)N2CCc3ccccc3C2CC(=O)NCCC2=CCCCC2)cc1. The smallest absolute Gasteiger partial charge is 0.243 e. The van der Waals surface area contributed by atoms with Gasteiger partial charge in [0.15, 0.2) is 0 Å². The summed E-state index contributed by atoms with van der Waals surface area (Å²) in [6, 6.07) is 13.3. The largest absolute Gasteiger partial charge is 0.356 e. The van der Waals surface area contributed by atoms with Gasteiger partial charge in [-0.2, -0.15) is 4.31 Å². The summed E-state index contributed by atoms with van der Waals surface area (Å²) < 4.78 is 28.7. The Labute approximate surface area is 207 Å². The molecule has 0 aromatic heterocycles. The molecule has 0 bridgehead atoms. The Bertz CT molecular complexity index is 1210. The lowest BCUT2D eigenvalue weighted by Crippen LogP contribution is -2.42. The zero-order valence-corrected chi connectivity index (χ0v) is 20.9. The van der Waals surface area contributed by atoms with Gasteiger partial charge >= 0.3 is 0 Å².